The molecule has 0 radical (unpaired) electrons. The van der Waals surface area contributed by atoms with Gasteiger partial charge in [-0.05, 0) is 55.2 Å². The second kappa shape index (κ2) is 5.09. The number of aryl methyl sites for hydroxylation is 3. The molecule has 18 heavy (non-hydrogen) atoms. The van der Waals surface area contributed by atoms with E-state index < -0.39 is 6.10 Å². The zero-order chi connectivity index (χ0) is 13.3. The van der Waals surface area contributed by atoms with Crippen molar-refractivity contribution < 1.29 is 5.11 Å². The Morgan fingerprint density at radius 3 is 2.33 bits per heavy atom. The molecule has 0 saturated carbocycles. The topological polar surface area (TPSA) is 33.1 Å². The average molecular weight is 262 g/mol. The summed E-state index contributed by atoms with van der Waals surface area (Å²) in [6.45, 7) is 6.11. The van der Waals surface area contributed by atoms with E-state index in [1.165, 1.54) is 11.1 Å². The van der Waals surface area contributed by atoms with E-state index in [4.69, 9.17) is 11.6 Å². The number of rotatable bonds is 2. The molecule has 94 valence electrons. The van der Waals surface area contributed by atoms with Crippen LogP contribution in [0, 0.1) is 20.8 Å². The molecule has 0 aliphatic heterocycles. The van der Waals surface area contributed by atoms with E-state index in [-0.39, 0.29) is 0 Å². The number of hydrogen-bond donors (Lipinski definition) is 1. The van der Waals surface area contributed by atoms with Gasteiger partial charge in [-0.25, -0.2) is 0 Å². The van der Waals surface area contributed by atoms with Crippen molar-refractivity contribution in [2.24, 2.45) is 0 Å². The van der Waals surface area contributed by atoms with Crippen molar-refractivity contribution in [1.29, 1.82) is 0 Å². The summed E-state index contributed by atoms with van der Waals surface area (Å²) in [6.07, 6.45) is 0.845. The highest BCUT2D eigenvalue weighted by atomic mass is 35.5. The Labute approximate surface area is 112 Å². The molecule has 0 bridgehead atoms. The minimum absolute atomic E-state index is 0.572. The first-order chi connectivity index (χ1) is 8.49. The van der Waals surface area contributed by atoms with Crippen molar-refractivity contribution >= 4 is 11.6 Å². The van der Waals surface area contributed by atoms with E-state index in [9.17, 15) is 5.11 Å². The fourth-order valence-electron chi connectivity index (χ4n) is 1.99. The van der Waals surface area contributed by atoms with Crippen LogP contribution in [0.2, 0.25) is 5.02 Å². The third-order valence-corrected chi connectivity index (χ3v) is 3.43. The van der Waals surface area contributed by atoms with Crippen LogP contribution in [0.15, 0.2) is 30.5 Å². The van der Waals surface area contributed by atoms with Crippen LogP contribution in [-0.4, -0.2) is 10.1 Å². The summed E-state index contributed by atoms with van der Waals surface area (Å²) in [4.78, 5) is 4.17. The average Bonchev–Trinajstić information content (AvgIpc) is 2.34. The molecule has 2 rings (SSSR count). The molecular weight excluding hydrogens is 246 g/mol. The molecule has 1 N–H and O–H groups in total. The predicted octanol–water partition coefficient (Wildman–Crippen LogP) is 3.74. The van der Waals surface area contributed by atoms with E-state index in [1.807, 2.05) is 19.9 Å². The van der Waals surface area contributed by atoms with Gasteiger partial charge in [-0.15, -0.1) is 0 Å². The van der Waals surface area contributed by atoms with Gasteiger partial charge in [0.1, 0.15) is 6.10 Å². The molecule has 0 spiro atoms. The van der Waals surface area contributed by atoms with Crippen molar-refractivity contribution in [2.45, 2.75) is 26.9 Å². The summed E-state index contributed by atoms with van der Waals surface area (Å²) in [5.41, 5.74) is 4.98. The number of pyridine rings is 1. The Hall–Kier alpha value is -1.38. The summed E-state index contributed by atoms with van der Waals surface area (Å²) in [5.74, 6) is 0. The number of nitrogens with zero attached hydrogens (tertiary/aromatic N) is 1. The van der Waals surface area contributed by atoms with Crippen molar-refractivity contribution in [3.63, 3.8) is 0 Å². The van der Waals surface area contributed by atoms with E-state index in [0.717, 1.165) is 11.1 Å². The number of aromatic nitrogens is 1. The quantitative estimate of drug-likeness (QED) is 0.893. The minimum Gasteiger partial charge on any atom is -0.382 e. The van der Waals surface area contributed by atoms with Crippen LogP contribution in [0.4, 0.5) is 0 Å². The van der Waals surface area contributed by atoms with E-state index in [1.54, 1.807) is 18.3 Å². The van der Waals surface area contributed by atoms with Crippen LogP contribution in [0.25, 0.3) is 0 Å². The van der Waals surface area contributed by atoms with Crippen LogP contribution in [-0.2, 0) is 0 Å². The molecule has 1 heterocycles. The number of aliphatic hydroxyl groups excluding tert-OH is 1. The minimum atomic E-state index is -0.707. The van der Waals surface area contributed by atoms with E-state index in [0.29, 0.717) is 10.7 Å². The fraction of sp³-hybridized carbons (Fsp3) is 0.267. The number of halogens is 1. The van der Waals surface area contributed by atoms with Crippen LogP contribution in [0.1, 0.15) is 34.1 Å². The SMILES string of the molecule is Cc1cc(C)c(C(O)c2ccc(Cl)cn2)cc1C. The molecule has 0 aliphatic carbocycles. The molecule has 0 amide bonds. The Balaban J connectivity index is 2.42. The second-order valence-corrected chi connectivity index (χ2v) is 5.03. The number of aliphatic hydroxyl groups is 1. The maximum atomic E-state index is 10.4. The van der Waals surface area contributed by atoms with Gasteiger partial charge in [0.15, 0.2) is 0 Å². The number of benzene rings is 1. The molecule has 3 heteroatoms. The lowest BCUT2D eigenvalue weighted by atomic mass is 9.95. The standard InChI is InChI=1S/C15H16ClNO/c1-9-6-11(3)13(7-10(9)2)15(18)14-5-4-12(16)8-17-14/h4-8,15,18H,1-3H3. The van der Waals surface area contributed by atoms with Crippen molar-refractivity contribution in [1.82, 2.24) is 4.98 Å². The Morgan fingerprint density at radius 2 is 1.72 bits per heavy atom. The molecule has 2 aromatic rings. The zero-order valence-electron chi connectivity index (χ0n) is 10.7. The fourth-order valence-corrected chi connectivity index (χ4v) is 2.10. The summed E-state index contributed by atoms with van der Waals surface area (Å²) in [7, 11) is 0. The lowest BCUT2D eigenvalue weighted by Crippen LogP contribution is -2.05. The Bertz CT molecular complexity index is 563. The van der Waals surface area contributed by atoms with Crippen LogP contribution in [0.3, 0.4) is 0 Å². The van der Waals surface area contributed by atoms with Crippen molar-refractivity contribution in [2.75, 3.05) is 0 Å². The van der Waals surface area contributed by atoms with Crippen LogP contribution in [0.5, 0.6) is 0 Å². The largest absolute Gasteiger partial charge is 0.382 e. The maximum absolute atomic E-state index is 10.4. The van der Waals surface area contributed by atoms with Gasteiger partial charge in [-0.3, -0.25) is 4.98 Å². The Kier molecular flexibility index (Phi) is 3.69. The molecule has 1 aromatic carbocycles. The monoisotopic (exact) mass is 261 g/mol. The van der Waals surface area contributed by atoms with Gasteiger partial charge in [-0.2, -0.15) is 0 Å². The van der Waals surface area contributed by atoms with E-state index in [2.05, 4.69) is 18.0 Å². The Morgan fingerprint density at radius 1 is 1.06 bits per heavy atom. The number of hydrogen-bond acceptors (Lipinski definition) is 2. The summed E-state index contributed by atoms with van der Waals surface area (Å²) >= 11 is 5.80. The third kappa shape index (κ3) is 2.55. The highest BCUT2D eigenvalue weighted by molar-refractivity contribution is 6.30. The molecule has 1 unspecified atom stereocenters. The molecule has 1 atom stereocenters. The van der Waals surface area contributed by atoms with Gasteiger partial charge in [0.25, 0.3) is 0 Å². The first-order valence-electron chi connectivity index (χ1n) is 5.86. The molecule has 0 aliphatic rings. The second-order valence-electron chi connectivity index (χ2n) is 4.60. The highest BCUT2D eigenvalue weighted by Gasteiger charge is 2.15. The molecule has 1 aromatic heterocycles. The lowest BCUT2D eigenvalue weighted by Gasteiger charge is -2.15. The van der Waals surface area contributed by atoms with Crippen LogP contribution >= 0.6 is 11.6 Å². The normalized spacial score (nSPS) is 12.5. The summed E-state index contributed by atoms with van der Waals surface area (Å²) in [5, 5.41) is 10.9. The first kappa shape index (κ1) is 13.1. The molecule has 0 saturated heterocycles. The molecule has 2 nitrogen and oxygen atoms in total. The summed E-state index contributed by atoms with van der Waals surface area (Å²) in [6, 6.07) is 7.60. The summed E-state index contributed by atoms with van der Waals surface area (Å²) < 4.78 is 0. The van der Waals surface area contributed by atoms with Gasteiger partial charge in [-0.1, -0.05) is 23.7 Å². The van der Waals surface area contributed by atoms with E-state index >= 15 is 0 Å². The van der Waals surface area contributed by atoms with Gasteiger partial charge >= 0.3 is 0 Å². The van der Waals surface area contributed by atoms with Crippen molar-refractivity contribution in [3.05, 3.63) is 63.4 Å². The maximum Gasteiger partial charge on any atom is 0.121 e. The molecular formula is C15H16ClNO. The van der Waals surface area contributed by atoms with Gasteiger partial charge in [0.05, 0.1) is 10.7 Å². The highest BCUT2D eigenvalue weighted by Crippen LogP contribution is 2.26. The van der Waals surface area contributed by atoms with Crippen LogP contribution < -0.4 is 0 Å². The van der Waals surface area contributed by atoms with Crippen molar-refractivity contribution in [3.8, 4) is 0 Å². The zero-order valence-corrected chi connectivity index (χ0v) is 11.5. The molecule has 0 fully saturated rings. The smallest absolute Gasteiger partial charge is 0.121 e. The van der Waals surface area contributed by atoms with Gasteiger partial charge < -0.3 is 5.11 Å². The third-order valence-electron chi connectivity index (χ3n) is 3.21. The lowest BCUT2D eigenvalue weighted by molar-refractivity contribution is 0.214. The van der Waals surface area contributed by atoms with Gasteiger partial charge in [0.2, 0.25) is 0 Å². The first-order valence-corrected chi connectivity index (χ1v) is 6.24. The van der Waals surface area contributed by atoms with Gasteiger partial charge in [0, 0.05) is 6.20 Å². The predicted molar refractivity (Wildman–Crippen MR) is 74.0 cm³/mol.